The van der Waals surface area contributed by atoms with Crippen LogP contribution < -0.4 is 0 Å². The Hall–Kier alpha value is -5.58. The fourth-order valence-corrected chi connectivity index (χ4v) is 8.44. The average Bonchev–Trinajstić information content (AvgIpc) is 3.71. The number of hydrogen-bond acceptors (Lipinski definition) is 13. The summed E-state index contributed by atoms with van der Waals surface area (Å²) in [4.78, 5) is 27.7. The van der Waals surface area contributed by atoms with Gasteiger partial charge in [0.25, 0.3) is 0 Å². The lowest BCUT2D eigenvalue weighted by Gasteiger charge is -2.46. The van der Waals surface area contributed by atoms with Crippen LogP contribution in [0.5, 0.6) is 0 Å². The van der Waals surface area contributed by atoms with Crippen LogP contribution in [0.25, 0.3) is 0 Å². The van der Waals surface area contributed by atoms with Crippen molar-refractivity contribution in [3.8, 4) is 0 Å². The Kier molecular flexibility index (Phi) is 17.3. The number of fused-ring (bicyclic) bond motifs is 1. The normalized spacial score (nSPS) is 26.3. The second kappa shape index (κ2) is 24.1. The summed E-state index contributed by atoms with van der Waals surface area (Å²) < 4.78 is 72.2. The molecule has 5 aromatic rings. The molecule has 0 N–H and O–H groups in total. The van der Waals surface area contributed by atoms with Crippen molar-refractivity contribution in [1.82, 2.24) is 0 Å². The first-order chi connectivity index (χ1) is 33.2. The number of carbonyl (C=O) groups is 2. The number of allylic oxidation sites excluding steroid dienone is 1. The Morgan fingerprint density at radius 2 is 1.00 bits per heavy atom. The number of esters is 2. The summed E-state index contributed by atoms with van der Waals surface area (Å²) in [6.07, 6.45) is -6.36. The van der Waals surface area contributed by atoms with E-state index in [0.29, 0.717) is 30.6 Å². The highest BCUT2D eigenvalue weighted by atomic mass is 16.8. The summed E-state index contributed by atoms with van der Waals surface area (Å²) in [5.41, 5.74) is 3.49. The van der Waals surface area contributed by atoms with Crippen molar-refractivity contribution in [2.75, 3.05) is 19.8 Å². The van der Waals surface area contributed by atoms with Gasteiger partial charge in [0, 0.05) is 0 Å². The molecule has 13 nitrogen and oxygen atoms in total. The molecular formula is C55H60O13. The molecule has 0 bridgehead atoms. The molecule has 10 atom stereocenters. The molecule has 68 heavy (non-hydrogen) atoms. The van der Waals surface area contributed by atoms with Crippen molar-refractivity contribution in [2.24, 2.45) is 0 Å². The first kappa shape index (κ1) is 48.9. The van der Waals surface area contributed by atoms with E-state index in [-0.39, 0.29) is 33.0 Å². The number of carbonyl (C=O) groups excluding carboxylic acids is 2. The first-order valence-corrected chi connectivity index (χ1v) is 23.2. The zero-order valence-electron chi connectivity index (χ0n) is 38.5. The molecule has 358 valence electrons. The molecule has 0 aliphatic carbocycles. The highest BCUT2D eigenvalue weighted by Crippen LogP contribution is 2.40. The number of benzene rings is 5. The molecule has 0 aromatic heterocycles. The molecule has 0 saturated carbocycles. The topological polar surface area (TPSA) is 136 Å². The van der Waals surface area contributed by atoms with E-state index in [1.54, 1.807) is 68.5 Å². The van der Waals surface area contributed by atoms with E-state index in [0.717, 1.165) is 16.7 Å². The molecule has 3 aliphatic heterocycles. The van der Waals surface area contributed by atoms with Crippen LogP contribution in [0.15, 0.2) is 164 Å². The van der Waals surface area contributed by atoms with Gasteiger partial charge < -0.3 is 52.1 Å². The highest BCUT2D eigenvalue weighted by Gasteiger charge is 2.58. The van der Waals surface area contributed by atoms with Gasteiger partial charge in [-0.2, -0.15) is 0 Å². The number of unbranched alkanes of at least 4 members (excludes halogenated alkanes) is 1. The average molecular weight is 929 g/mol. The standard InChI is InChI=1S/C55H60O13/c1-4-5-21-32-59-53-50(66-52(57)42-30-19-10-20-31-42)48-46(67-55(2,3)68-48)44(64-53)37-62-54-49(65-51(56)41-28-17-9-18-29-41)47(61-35-40-26-15-8-16-27-40)45(60-34-39-24-13-7-14-25-39)43(63-54)36-58-33-38-22-11-6-12-23-38/h4,6-20,22-31,43-50,53-54H,1,5,21,32-37H2,2-3H3/t43?,44?,45-,46-,47?,48?,49?,50?,53+,54+/m0/s1. The molecule has 3 aliphatic rings. The molecule has 3 fully saturated rings. The Morgan fingerprint density at radius 3 is 1.56 bits per heavy atom. The van der Waals surface area contributed by atoms with E-state index in [1.807, 2.05) is 103 Å². The van der Waals surface area contributed by atoms with E-state index >= 15 is 0 Å². The monoisotopic (exact) mass is 928 g/mol. The molecule has 6 unspecified atom stereocenters. The van der Waals surface area contributed by atoms with Gasteiger partial charge >= 0.3 is 11.9 Å². The van der Waals surface area contributed by atoms with Crippen LogP contribution in [0.4, 0.5) is 0 Å². The maximum atomic E-state index is 14.1. The second-order valence-corrected chi connectivity index (χ2v) is 17.3. The molecule has 0 spiro atoms. The smallest absolute Gasteiger partial charge is 0.338 e. The molecule has 13 heteroatoms. The minimum absolute atomic E-state index is 0.0730. The summed E-state index contributed by atoms with van der Waals surface area (Å²) in [7, 11) is 0. The Morgan fingerprint density at radius 1 is 0.529 bits per heavy atom. The first-order valence-electron chi connectivity index (χ1n) is 23.2. The van der Waals surface area contributed by atoms with E-state index in [9.17, 15) is 9.59 Å². The Bertz CT molecular complexity index is 2300. The summed E-state index contributed by atoms with van der Waals surface area (Å²) in [5.74, 6) is -2.27. The predicted molar refractivity (Wildman–Crippen MR) is 250 cm³/mol. The van der Waals surface area contributed by atoms with Crippen LogP contribution in [0, 0.1) is 0 Å². The van der Waals surface area contributed by atoms with Crippen molar-refractivity contribution < 1.29 is 61.7 Å². The van der Waals surface area contributed by atoms with Crippen LogP contribution in [0.1, 0.15) is 64.1 Å². The SMILES string of the molecule is C=CCCCO[C@@H]1OC(CO[C@@H]2OC(COCc3ccccc3)[C@H](OCc3ccccc3)C(OCc3ccccc3)C2OC(=O)c2ccccc2)[C@@H]2OC(C)(C)OC2C1OC(=O)c1ccccc1. The molecule has 0 amide bonds. The van der Waals surface area contributed by atoms with Gasteiger partial charge in [-0.3, -0.25) is 0 Å². The fourth-order valence-electron chi connectivity index (χ4n) is 8.44. The van der Waals surface area contributed by atoms with Crippen molar-refractivity contribution in [1.29, 1.82) is 0 Å². The van der Waals surface area contributed by atoms with Crippen molar-refractivity contribution >= 4 is 11.9 Å². The molecular weight excluding hydrogens is 869 g/mol. The number of ether oxygens (including phenoxy) is 11. The van der Waals surface area contributed by atoms with Gasteiger partial charge in [0.05, 0.1) is 50.8 Å². The van der Waals surface area contributed by atoms with Crippen LogP contribution in [-0.4, -0.2) is 99.0 Å². The van der Waals surface area contributed by atoms with E-state index in [2.05, 4.69) is 6.58 Å². The fraction of sp³-hybridized carbons (Fsp3) is 0.382. The maximum Gasteiger partial charge on any atom is 0.338 e. The third kappa shape index (κ3) is 13.1. The molecule has 8 rings (SSSR count). The second-order valence-electron chi connectivity index (χ2n) is 17.3. The molecule has 3 heterocycles. The van der Waals surface area contributed by atoms with E-state index < -0.39 is 79.1 Å². The molecule has 0 radical (unpaired) electrons. The molecule has 5 aromatic carbocycles. The predicted octanol–water partition coefficient (Wildman–Crippen LogP) is 8.79. The minimum atomic E-state index is -1.25. The lowest BCUT2D eigenvalue weighted by molar-refractivity contribution is -0.333. The van der Waals surface area contributed by atoms with Gasteiger partial charge in [0.2, 0.25) is 0 Å². The van der Waals surface area contributed by atoms with E-state index in [1.165, 1.54) is 0 Å². The lowest BCUT2D eigenvalue weighted by Crippen LogP contribution is -2.63. The minimum Gasteiger partial charge on any atom is -0.450 e. The maximum absolute atomic E-state index is 14.1. The lowest BCUT2D eigenvalue weighted by atomic mass is 9.97. The van der Waals surface area contributed by atoms with Crippen molar-refractivity contribution in [2.45, 2.75) is 114 Å². The third-order valence-electron chi connectivity index (χ3n) is 11.8. The highest BCUT2D eigenvalue weighted by molar-refractivity contribution is 5.90. The van der Waals surface area contributed by atoms with Gasteiger partial charge in [-0.1, -0.05) is 133 Å². The van der Waals surface area contributed by atoms with Crippen molar-refractivity contribution in [3.05, 3.63) is 192 Å². The van der Waals surface area contributed by atoms with Gasteiger partial charge in [-0.05, 0) is 67.6 Å². The molecule has 3 saturated heterocycles. The van der Waals surface area contributed by atoms with Gasteiger partial charge in [-0.25, -0.2) is 9.59 Å². The third-order valence-corrected chi connectivity index (χ3v) is 11.8. The summed E-state index contributed by atoms with van der Waals surface area (Å²) >= 11 is 0. The quantitative estimate of drug-likeness (QED) is 0.0372. The van der Waals surface area contributed by atoms with Crippen LogP contribution in [-0.2, 0) is 71.9 Å². The van der Waals surface area contributed by atoms with Gasteiger partial charge in [-0.15, -0.1) is 6.58 Å². The van der Waals surface area contributed by atoms with Gasteiger partial charge in [0.15, 0.2) is 30.6 Å². The van der Waals surface area contributed by atoms with Gasteiger partial charge in [0.1, 0.15) is 36.6 Å². The van der Waals surface area contributed by atoms with Crippen LogP contribution >= 0.6 is 0 Å². The van der Waals surface area contributed by atoms with Crippen LogP contribution in [0.2, 0.25) is 0 Å². The summed E-state index contributed by atoms with van der Waals surface area (Å²) in [6.45, 7) is 8.26. The summed E-state index contributed by atoms with van der Waals surface area (Å²) in [6, 6.07) is 46.7. The summed E-state index contributed by atoms with van der Waals surface area (Å²) in [5, 5.41) is 0. The van der Waals surface area contributed by atoms with Crippen molar-refractivity contribution in [3.63, 3.8) is 0 Å². The van der Waals surface area contributed by atoms with Crippen LogP contribution in [0.3, 0.4) is 0 Å². The number of rotatable bonds is 22. The van der Waals surface area contributed by atoms with E-state index in [4.69, 9.17) is 52.1 Å². The number of hydrogen-bond donors (Lipinski definition) is 0. The largest absolute Gasteiger partial charge is 0.450 e. The Labute approximate surface area is 398 Å². The zero-order valence-corrected chi connectivity index (χ0v) is 38.5. The Balaban J connectivity index is 1.11. The zero-order chi connectivity index (χ0) is 47.1.